The number of amides is 1. The van der Waals surface area contributed by atoms with Crippen LogP contribution in [0.1, 0.15) is 31.4 Å². The van der Waals surface area contributed by atoms with Crippen molar-refractivity contribution >= 4 is 17.3 Å². The highest BCUT2D eigenvalue weighted by Crippen LogP contribution is 2.38. The van der Waals surface area contributed by atoms with E-state index in [1.54, 1.807) is 24.3 Å². The summed E-state index contributed by atoms with van der Waals surface area (Å²) in [5.41, 5.74) is 2.94. The number of hydrogen-bond donors (Lipinski definition) is 1. The summed E-state index contributed by atoms with van der Waals surface area (Å²) in [4.78, 5) is 28.7. The molecule has 0 aliphatic carbocycles. The fourth-order valence-electron chi connectivity index (χ4n) is 4.89. The van der Waals surface area contributed by atoms with Crippen LogP contribution in [0.2, 0.25) is 0 Å². The topological polar surface area (TPSA) is 78.7 Å². The average Bonchev–Trinajstić information content (AvgIpc) is 2.79. The van der Waals surface area contributed by atoms with Gasteiger partial charge < -0.3 is 10.2 Å². The van der Waals surface area contributed by atoms with Crippen LogP contribution in [0.25, 0.3) is 0 Å². The molecule has 0 radical (unpaired) electrons. The molecule has 2 unspecified atom stereocenters. The molecule has 2 atom stereocenters. The predicted molar refractivity (Wildman–Crippen MR) is 126 cm³/mol. The molecule has 2 aliphatic rings. The first kappa shape index (κ1) is 23.2. The first-order valence-electron chi connectivity index (χ1n) is 11.6. The zero-order valence-electron chi connectivity index (χ0n) is 19.2. The number of hydrogen-bond acceptors (Lipinski definition) is 5. The van der Waals surface area contributed by atoms with E-state index in [9.17, 15) is 19.3 Å². The first-order chi connectivity index (χ1) is 15.8. The quantitative estimate of drug-likeness (QED) is 0.509. The molecule has 4 rings (SSSR count). The number of carbonyl (C=O) groups is 1. The molecule has 1 N–H and O–H groups in total. The summed E-state index contributed by atoms with van der Waals surface area (Å²) in [6.07, 6.45) is 1.39. The summed E-state index contributed by atoms with van der Waals surface area (Å²) in [5, 5.41) is 14.4. The average molecular weight is 455 g/mol. The number of nitro benzene ring substituents is 1. The SMILES string of the molecule is CC(C)CCNC(=O)C1Cc2cc([N+](=O)[O-])ccc2N2CCN(Cc3ccc(F)cc3)CC12. The Balaban J connectivity index is 1.56. The number of non-ortho nitro benzene ring substituents is 1. The van der Waals surface area contributed by atoms with Crippen LogP contribution in [0.5, 0.6) is 0 Å². The van der Waals surface area contributed by atoms with Crippen LogP contribution >= 0.6 is 0 Å². The molecular formula is C25H31FN4O3. The summed E-state index contributed by atoms with van der Waals surface area (Å²) < 4.78 is 13.3. The monoisotopic (exact) mass is 454 g/mol. The van der Waals surface area contributed by atoms with E-state index in [-0.39, 0.29) is 34.3 Å². The van der Waals surface area contributed by atoms with E-state index in [0.29, 0.717) is 32.0 Å². The molecule has 0 saturated carbocycles. The predicted octanol–water partition coefficient (Wildman–Crippen LogP) is 3.76. The maximum absolute atomic E-state index is 13.3. The summed E-state index contributed by atoms with van der Waals surface area (Å²) in [6, 6.07) is 11.5. The van der Waals surface area contributed by atoms with E-state index in [2.05, 4.69) is 29.0 Å². The third-order valence-corrected chi connectivity index (χ3v) is 6.67. The Morgan fingerprint density at radius 1 is 1.21 bits per heavy atom. The van der Waals surface area contributed by atoms with E-state index in [0.717, 1.165) is 36.3 Å². The highest BCUT2D eigenvalue weighted by atomic mass is 19.1. The summed E-state index contributed by atoms with van der Waals surface area (Å²) >= 11 is 0. The van der Waals surface area contributed by atoms with Gasteiger partial charge in [0.1, 0.15) is 5.82 Å². The number of nitrogens with one attached hydrogen (secondary N) is 1. The lowest BCUT2D eigenvalue weighted by Crippen LogP contribution is -2.60. The molecular weight excluding hydrogens is 423 g/mol. The van der Waals surface area contributed by atoms with E-state index in [1.165, 1.54) is 12.1 Å². The Morgan fingerprint density at radius 2 is 1.97 bits per heavy atom. The summed E-state index contributed by atoms with van der Waals surface area (Å²) in [6.45, 7) is 7.80. The number of benzene rings is 2. The first-order valence-corrected chi connectivity index (χ1v) is 11.6. The zero-order valence-corrected chi connectivity index (χ0v) is 19.2. The van der Waals surface area contributed by atoms with E-state index >= 15 is 0 Å². The van der Waals surface area contributed by atoms with Gasteiger partial charge in [-0.25, -0.2) is 4.39 Å². The molecule has 0 bridgehead atoms. The minimum absolute atomic E-state index is 0.00596. The van der Waals surface area contributed by atoms with Crippen LogP contribution in [-0.2, 0) is 17.8 Å². The molecule has 1 saturated heterocycles. The maximum atomic E-state index is 13.3. The molecule has 2 aromatic carbocycles. The molecule has 2 aliphatic heterocycles. The second-order valence-electron chi connectivity index (χ2n) is 9.48. The maximum Gasteiger partial charge on any atom is 0.269 e. The van der Waals surface area contributed by atoms with Gasteiger partial charge in [0.15, 0.2) is 0 Å². The van der Waals surface area contributed by atoms with Gasteiger partial charge in [0.25, 0.3) is 5.69 Å². The van der Waals surface area contributed by atoms with Gasteiger partial charge in [0.2, 0.25) is 5.91 Å². The van der Waals surface area contributed by atoms with Gasteiger partial charge in [-0.15, -0.1) is 0 Å². The van der Waals surface area contributed by atoms with Crippen molar-refractivity contribution in [3.8, 4) is 0 Å². The molecule has 8 heteroatoms. The van der Waals surface area contributed by atoms with Crippen molar-refractivity contribution in [2.45, 2.75) is 39.3 Å². The molecule has 33 heavy (non-hydrogen) atoms. The molecule has 1 fully saturated rings. The smallest absolute Gasteiger partial charge is 0.269 e. The van der Waals surface area contributed by atoms with Gasteiger partial charge in [-0.1, -0.05) is 26.0 Å². The molecule has 1 amide bonds. The van der Waals surface area contributed by atoms with Gasteiger partial charge in [-0.3, -0.25) is 19.8 Å². The lowest BCUT2D eigenvalue weighted by atomic mass is 9.83. The van der Waals surface area contributed by atoms with Gasteiger partial charge in [-0.05, 0) is 48.1 Å². The number of carbonyl (C=O) groups excluding carboxylic acids is 1. The largest absolute Gasteiger partial charge is 0.365 e. The molecule has 0 spiro atoms. The van der Waals surface area contributed by atoms with E-state index in [1.807, 2.05) is 6.07 Å². The van der Waals surface area contributed by atoms with Crippen LogP contribution in [0.4, 0.5) is 15.8 Å². The van der Waals surface area contributed by atoms with Crippen molar-refractivity contribution < 1.29 is 14.1 Å². The van der Waals surface area contributed by atoms with Gasteiger partial charge in [0, 0.05) is 50.5 Å². The Labute approximate surface area is 193 Å². The minimum Gasteiger partial charge on any atom is -0.365 e. The molecule has 7 nitrogen and oxygen atoms in total. The van der Waals surface area contributed by atoms with Crippen LogP contribution in [0.15, 0.2) is 42.5 Å². The number of halogens is 1. The lowest BCUT2D eigenvalue weighted by Gasteiger charge is -2.49. The number of rotatable bonds is 7. The normalized spacial score (nSPS) is 20.3. The van der Waals surface area contributed by atoms with Crippen molar-refractivity contribution in [3.05, 3.63) is 69.5 Å². The molecule has 2 aromatic rings. The molecule has 176 valence electrons. The van der Waals surface area contributed by atoms with Crippen molar-refractivity contribution in [2.24, 2.45) is 11.8 Å². The van der Waals surface area contributed by atoms with Crippen LogP contribution < -0.4 is 10.2 Å². The second-order valence-corrected chi connectivity index (χ2v) is 9.48. The van der Waals surface area contributed by atoms with Gasteiger partial charge in [-0.2, -0.15) is 0 Å². The van der Waals surface area contributed by atoms with E-state index in [4.69, 9.17) is 0 Å². The third kappa shape index (κ3) is 5.33. The molecule has 0 aromatic heterocycles. The Bertz CT molecular complexity index is 1010. The van der Waals surface area contributed by atoms with Crippen molar-refractivity contribution in [1.29, 1.82) is 0 Å². The number of fused-ring (bicyclic) bond motifs is 3. The van der Waals surface area contributed by atoms with Crippen molar-refractivity contribution in [3.63, 3.8) is 0 Å². The summed E-state index contributed by atoms with van der Waals surface area (Å²) in [7, 11) is 0. The molecule has 2 heterocycles. The Morgan fingerprint density at radius 3 is 2.67 bits per heavy atom. The fraction of sp³-hybridized carbons (Fsp3) is 0.480. The summed E-state index contributed by atoms with van der Waals surface area (Å²) in [5.74, 6) is -0.0359. The van der Waals surface area contributed by atoms with E-state index < -0.39 is 0 Å². The Hall–Kier alpha value is -3.00. The fourth-order valence-corrected chi connectivity index (χ4v) is 4.89. The van der Waals surface area contributed by atoms with Crippen LogP contribution in [0, 0.1) is 27.8 Å². The number of anilines is 1. The highest BCUT2D eigenvalue weighted by molar-refractivity contribution is 5.82. The van der Waals surface area contributed by atoms with Crippen LogP contribution in [-0.4, -0.2) is 48.0 Å². The third-order valence-electron chi connectivity index (χ3n) is 6.67. The zero-order chi connectivity index (χ0) is 23.5. The number of piperazine rings is 1. The van der Waals surface area contributed by atoms with Crippen LogP contribution in [0.3, 0.4) is 0 Å². The Kier molecular flexibility index (Phi) is 6.93. The van der Waals surface area contributed by atoms with Crippen molar-refractivity contribution in [2.75, 3.05) is 31.1 Å². The van der Waals surface area contributed by atoms with Gasteiger partial charge in [0.05, 0.1) is 16.9 Å². The standard InChI is InChI=1S/C25H31FN4O3/c1-17(2)9-10-27-25(31)22-14-19-13-21(30(32)33)7-8-23(19)29-12-11-28(16-24(22)29)15-18-3-5-20(26)6-4-18/h3-8,13,17,22,24H,9-12,14-16H2,1-2H3,(H,27,31). The minimum atomic E-state index is -0.384. The number of nitrogens with zero attached hydrogens (tertiary/aromatic N) is 3. The highest BCUT2D eigenvalue weighted by Gasteiger charge is 2.41. The number of nitro groups is 1. The lowest BCUT2D eigenvalue weighted by molar-refractivity contribution is -0.384. The van der Waals surface area contributed by atoms with Gasteiger partial charge >= 0.3 is 0 Å². The second kappa shape index (κ2) is 9.87. The van der Waals surface area contributed by atoms with Crippen molar-refractivity contribution in [1.82, 2.24) is 10.2 Å².